The van der Waals surface area contributed by atoms with Crippen LogP contribution in [0.2, 0.25) is 0 Å². The van der Waals surface area contributed by atoms with Crippen LogP contribution in [0.1, 0.15) is 32.1 Å². The molecule has 0 fully saturated rings. The summed E-state index contributed by atoms with van der Waals surface area (Å²) in [5, 5.41) is 5.62. The van der Waals surface area contributed by atoms with Crippen molar-refractivity contribution in [2.24, 2.45) is 5.41 Å². The molecule has 1 N–H and O–H groups in total. The Bertz CT molecular complexity index is 281. The number of nitrogens with one attached hydrogen (secondary N) is 1. The number of thiophene rings is 1. The summed E-state index contributed by atoms with van der Waals surface area (Å²) in [6, 6.07) is 2.18. The second-order valence-corrected chi connectivity index (χ2v) is 6.26. The van der Waals surface area contributed by atoms with Gasteiger partial charge < -0.3 is 5.32 Å². The molecule has 0 aliphatic heterocycles. The van der Waals surface area contributed by atoms with E-state index in [2.05, 4.69) is 53.5 Å². The highest BCUT2D eigenvalue weighted by molar-refractivity contribution is 9.10. The van der Waals surface area contributed by atoms with E-state index in [1.807, 2.05) is 0 Å². The van der Waals surface area contributed by atoms with Crippen LogP contribution in [0.4, 0.5) is 0 Å². The summed E-state index contributed by atoms with van der Waals surface area (Å²) < 4.78 is 1.19. The molecule has 0 radical (unpaired) electrons. The van der Waals surface area contributed by atoms with E-state index in [-0.39, 0.29) is 0 Å². The summed E-state index contributed by atoms with van der Waals surface area (Å²) in [7, 11) is 0. The molecule has 1 nitrogen and oxygen atoms in total. The number of rotatable bonds is 5. The molecule has 1 aromatic rings. The van der Waals surface area contributed by atoms with Gasteiger partial charge in [-0.2, -0.15) is 0 Å². The Morgan fingerprint density at radius 3 is 2.71 bits per heavy atom. The first kappa shape index (κ1) is 12.2. The van der Waals surface area contributed by atoms with Crippen LogP contribution < -0.4 is 5.32 Å². The van der Waals surface area contributed by atoms with Gasteiger partial charge in [0, 0.05) is 27.8 Å². The Morgan fingerprint density at radius 2 is 2.21 bits per heavy atom. The molecule has 14 heavy (non-hydrogen) atoms. The van der Waals surface area contributed by atoms with Crippen molar-refractivity contribution < 1.29 is 0 Å². The first-order valence-electron chi connectivity index (χ1n) is 4.97. The average molecular weight is 276 g/mol. The molecule has 0 aliphatic rings. The number of halogens is 1. The van der Waals surface area contributed by atoms with E-state index in [0.29, 0.717) is 5.41 Å². The maximum Gasteiger partial charge on any atom is 0.0300 e. The fourth-order valence-corrected chi connectivity index (χ4v) is 2.52. The van der Waals surface area contributed by atoms with E-state index in [1.54, 1.807) is 11.3 Å². The smallest absolute Gasteiger partial charge is 0.0300 e. The van der Waals surface area contributed by atoms with E-state index in [4.69, 9.17) is 0 Å². The molecule has 0 spiro atoms. The Hall–Kier alpha value is 0.140. The van der Waals surface area contributed by atoms with Crippen LogP contribution in [0, 0.1) is 5.41 Å². The van der Waals surface area contributed by atoms with Gasteiger partial charge in [0.15, 0.2) is 0 Å². The van der Waals surface area contributed by atoms with Gasteiger partial charge in [-0.1, -0.05) is 20.8 Å². The zero-order chi connectivity index (χ0) is 10.6. The van der Waals surface area contributed by atoms with E-state index < -0.39 is 0 Å². The van der Waals surface area contributed by atoms with E-state index in [9.17, 15) is 0 Å². The van der Waals surface area contributed by atoms with Gasteiger partial charge in [0.05, 0.1) is 0 Å². The molecule has 80 valence electrons. The Labute approximate surface area is 99.0 Å². The third-order valence-corrected chi connectivity index (χ3v) is 4.18. The topological polar surface area (TPSA) is 12.0 Å². The lowest BCUT2D eigenvalue weighted by Crippen LogP contribution is -2.28. The first-order chi connectivity index (χ1) is 6.53. The van der Waals surface area contributed by atoms with Gasteiger partial charge in [-0.05, 0) is 33.8 Å². The molecule has 0 unspecified atom stereocenters. The van der Waals surface area contributed by atoms with Gasteiger partial charge in [0.2, 0.25) is 0 Å². The molecule has 1 aromatic heterocycles. The molecule has 0 saturated carbocycles. The van der Waals surface area contributed by atoms with E-state index in [1.165, 1.54) is 15.8 Å². The van der Waals surface area contributed by atoms with Gasteiger partial charge in [-0.25, -0.2) is 0 Å². The molecular weight excluding hydrogens is 258 g/mol. The second kappa shape index (κ2) is 5.29. The largest absolute Gasteiger partial charge is 0.311 e. The molecule has 0 aromatic carbocycles. The lowest BCUT2D eigenvalue weighted by atomic mass is 9.90. The molecule has 0 bridgehead atoms. The molecule has 1 heterocycles. The van der Waals surface area contributed by atoms with Crippen LogP contribution in [-0.2, 0) is 6.54 Å². The predicted molar refractivity (Wildman–Crippen MR) is 67.8 cm³/mol. The fraction of sp³-hybridized carbons (Fsp3) is 0.636. The second-order valence-electron chi connectivity index (χ2n) is 4.35. The molecule has 0 aliphatic carbocycles. The van der Waals surface area contributed by atoms with Gasteiger partial charge >= 0.3 is 0 Å². The third-order valence-electron chi connectivity index (χ3n) is 2.48. The van der Waals surface area contributed by atoms with Crippen molar-refractivity contribution in [3.05, 3.63) is 20.8 Å². The average Bonchev–Trinajstić information content (AvgIpc) is 2.51. The monoisotopic (exact) mass is 275 g/mol. The summed E-state index contributed by atoms with van der Waals surface area (Å²) in [5.74, 6) is 0. The molecule has 0 amide bonds. The lowest BCUT2D eigenvalue weighted by molar-refractivity contribution is 0.328. The van der Waals surface area contributed by atoms with Crippen molar-refractivity contribution in [2.75, 3.05) is 6.54 Å². The maximum atomic E-state index is 3.50. The molecule has 1 rings (SSSR count). The zero-order valence-electron chi connectivity index (χ0n) is 9.06. The van der Waals surface area contributed by atoms with E-state index in [0.717, 1.165) is 13.1 Å². The van der Waals surface area contributed by atoms with Crippen molar-refractivity contribution in [1.29, 1.82) is 0 Å². The van der Waals surface area contributed by atoms with Crippen LogP contribution in [0.5, 0.6) is 0 Å². The van der Waals surface area contributed by atoms with Crippen LogP contribution in [0.25, 0.3) is 0 Å². The standard InChI is InChI=1S/C11H18BrNS/c1-4-11(2,3)8-13-6-10-5-9(12)7-14-10/h5,7,13H,4,6,8H2,1-3H3. The highest BCUT2D eigenvalue weighted by atomic mass is 79.9. The SMILES string of the molecule is CCC(C)(C)CNCc1cc(Br)cs1. The quantitative estimate of drug-likeness (QED) is 0.856. The summed E-state index contributed by atoms with van der Waals surface area (Å²) in [4.78, 5) is 1.39. The van der Waals surface area contributed by atoms with Gasteiger partial charge in [-0.15, -0.1) is 11.3 Å². The Balaban J connectivity index is 2.28. The normalized spacial score (nSPS) is 12.0. The van der Waals surface area contributed by atoms with Gasteiger partial charge in [-0.3, -0.25) is 0 Å². The van der Waals surface area contributed by atoms with E-state index >= 15 is 0 Å². The molecular formula is C11H18BrNS. The summed E-state index contributed by atoms with van der Waals surface area (Å²) in [5.41, 5.74) is 0.411. The minimum Gasteiger partial charge on any atom is -0.311 e. The highest BCUT2D eigenvalue weighted by Gasteiger charge is 2.13. The summed E-state index contributed by atoms with van der Waals surface area (Å²) in [6.07, 6.45) is 1.22. The van der Waals surface area contributed by atoms with Crippen molar-refractivity contribution in [1.82, 2.24) is 5.32 Å². The molecule has 3 heteroatoms. The van der Waals surface area contributed by atoms with Crippen LogP contribution in [-0.4, -0.2) is 6.54 Å². The zero-order valence-corrected chi connectivity index (χ0v) is 11.5. The van der Waals surface area contributed by atoms with Gasteiger partial charge in [0.25, 0.3) is 0 Å². The van der Waals surface area contributed by atoms with Crippen LogP contribution in [0.3, 0.4) is 0 Å². The van der Waals surface area contributed by atoms with Crippen molar-refractivity contribution in [3.8, 4) is 0 Å². The minimum absolute atomic E-state index is 0.411. The number of hydrogen-bond donors (Lipinski definition) is 1. The lowest BCUT2D eigenvalue weighted by Gasteiger charge is -2.22. The number of hydrogen-bond acceptors (Lipinski definition) is 2. The first-order valence-corrected chi connectivity index (χ1v) is 6.64. The predicted octanol–water partition coefficient (Wildman–Crippen LogP) is 4.04. The molecule has 0 atom stereocenters. The minimum atomic E-state index is 0.411. The van der Waals surface area contributed by atoms with Crippen molar-refractivity contribution >= 4 is 27.3 Å². The van der Waals surface area contributed by atoms with Crippen molar-refractivity contribution in [3.63, 3.8) is 0 Å². The van der Waals surface area contributed by atoms with Crippen molar-refractivity contribution in [2.45, 2.75) is 33.7 Å². The maximum absolute atomic E-state index is 3.50. The summed E-state index contributed by atoms with van der Waals surface area (Å²) >= 11 is 5.26. The Morgan fingerprint density at radius 1 is 1.50 bits per heavy atom. The van der Waals surface area contributed by atoms with Gasteiger partial charge in [0.1, 0.15) is 0 Å². The van der Waals surface area contributed by atoms with Crippen LogP contribution >= 0.6 is 27.3 Å². The summed E-state index contributed by atoms with van der Waals surface area (Å²) in [6.45, 7) is 8.90. The highest BCUT2D eigenvalue weighted by Crippen LogP contribution is 2.21. The fourth-order valence-electron chi connectivity index (χ4n) is 1.10. The molecule has 0 saturated heterocycles. The van der Waals surface area contributed by atoms with Crippen LogP contribution in [0.15, 0.2) is 15.9 Å². The Kier molecular flexibility index (Phi) is 4.61. The third kappa shape index (κ3) is 4.11.